The Labute approximate surface area is 284 Å². The summed E-state index contributed by atoms with van der Waals surface area (Å²) in [5, 5.41) is 3.25. The van der Waals surface area contributed by atoms with Crippen LogP contribution in [0.5, 0.6) is 5.75 Å². The Morgan fingerprint density at radius 1 is 0.833 bits per heavy atom. The van der Waals surface area contributed by atoms with Gasteiger partial charge in [-0.3, -0.25) is 13.9 Å². The Morgan fingerprint density at radius 3 is 2.19 bits per heavy atom. The number of aryl methyl sites for hydroxylation is 2. The monoisotopic (exact) mass is 667 g/mol. The van der Waals surface area contributed by atoms with Crippen molar-refractivity contribution in [3.63, 3.8) is 0 Å². The Bertz CT molecular complexity index is 1790. The number of nitrogens with one attached hydrogen (secondary N) is 1. The maximum Gasteiger partial charge on any atom is 0.264 e. The summed E-state index contributed by atoms with van der Waals surface area (Å²) in [5.74, 6) is -0.114. The third kappa shape index (κ3) is 8.63. The van der Waals surface area contributed by atoms with E-state index < -0.39 is 28.5 Å². The van der Waals surface area contributed by atoms with Crippen molar-refractivity contribution in [3.8, 4) is 5.75 Å². The number of hydrogen-bond donors (Lipinski definition) is 1. The van der Waals surface area contributed by atoms with Crippen LogP contribution in [0.3, 0.4) is 0 Å². The highest BCUT2D eigenvalue weighted by Gasteiger charge is 2.35. The maximum absolute atomic E-state index is 14.8. The molecule has 5 rings (SSSR count). The molecule has 0 aromatic heterocycles. The normalized spacial score (nSPS) is 14.1. The molecular weight excluding hydrogens is 623 g/mol. The lowest BCUT2D eigenvalue weighted by Gasteiger charge is -2.35. The van der Waals surface area contributed by atoms with E-state index in [4.69, 9.17) is 4.74 Å². The van der Waals surface area contributed by atoms with E-state index in [1.54, 1.807) is 43.5 Å². The second-order valence-corrected chi connectivity index (χ2v) is 14.4. The largest absolute Gasteiger partial charge is 0.497 e. The highest BCUT2D eigenvalue weighted by Crippen LogP contribution is 2.28. The summed E-state index contributed by atoms with van der Waals surface area (Å²) in [7, 11) is -2.59. The van der Waals surface area contributed by atoms with Gasteiger partial charge >= 0.3 is 0 Å². The number of amides is 2. The number of methoxy groups -OCH3 is 1. The zero-order valence-electron chi connectivity index (χ0n) is 28.0. The number of ether oxygens (including phenoxy) is 1. The molecule has 1 saturated carbocycles. The number of para-hydroxylation sites is 1. The third-order valence-corrected chi connectivity index (χ3v) is 10.8. The fourth-order valence-corrected chi connectivity index (χ4v) is 7.74. The van der Waals surface area contributed by atoms with Crippen molar-refractivity contribution in [3.05, 3.63) is 125 Å². The molecule has 1 aliphatic rings. The third-order valence-electron chi connectivity index (χ3n) is 8.98. The molecule has 0 aliphatic heterocycles. The Kier molecular flexibility index (Phi) is 11.5. The summed E-state index contributed by atoms with van der Waals surface area (Å²) in [4.78, 5) is 30.7. The summed E-state index contributed by atoms with van der Waals surface area (Å²) < 4.78 is 35.3. The van der Waals surface area contributed by atoms with Gasteiger partial charge in [0.05, 0.1) is 17.7 Å². The highest BCUT2D eigenvalue weighted by molar-refractivity contribution is 7.92. The van der Waals surface area contributed by atoms with Gasteiger partial charge in [-0.15, -0.1) is 0 Å². The van der Waals surface area contributed by atoms with E-state index in [-0.39, 0.29) is 29.8 Å². The molecular formula is C39H45N3O5S. The van der Waals surface area contributed by atoms with Crippen molar-refractivity contribution < 1.29 is 22.7 Å². The molecule has 4 aromatic carbocycles. The molecule has 0 radical (unpaired) electrons. The average Bonchev–Trinajstić information content (AvgIpc) is 3.10. The molecule has 0 bridgehead atoms. The highest BCUT2D eigenvalue weighted by atomic mass is 32.2. The summed E-state index contributed by atoms with van der Waals surface area (Å²) in [5.41, 5.74) is 3.68. The zero-order valence-corrected chi connectivity index (χ0v) is 28.8. The SMILES string of the molecule is COc1cccc(CN(C(=O)CN(c2ccccc2C)S(=O)(=O)c2ccc(C)cc2)[C@H](Cc2ccccc2)C(=O)NC2CCCCC2)c1. The van der Waals surface area contributed by atoms with E-state index in [0.29, 0.717) is 17.0 Å². The molecule has 4 aromatic rings. The van der Waals surface area contributed by atoms with Gasteiger partial charge < -0.3 is 15.0 Å². The molecule has 8 nitrogen and oxygen atoms in total. The minimum atomic E-state index is -4.17. The van der Waals surface area contributed by atoms with E-state index in [1.165, 1.54) is 9.21 Å². The first-order chi connectivity index (χ1) is 23.2. The summed E-state index contributed by atoms with van der Waals surface area (Å²) in [6.07, 6.45) is 5.29. The fourth-order valence-electron chi connectivity index (χ4n) is 6.26. The summed E-state index contributed by atoms with van der Waals surface area (Å²) in [6.45, 7) is 3.30. The van der Waals surface area contributed by atoms with Crippen LogP contribution >= 0.6 is 0 Å². The second kappa shape index (κ2) is 16.0. The molecule has 9 heteroatoms. The van der Waals surface area contributed by atoms with Crippen LogP contribution in [0.2, 0.25) is 0 Å². The minimum absolute atomic E-state index is 0.0312. The standard InChI is InChI=1S/C39H45N3O5S/c1-29-21-23-35(24-22-29)48(45,46)42(36-20-11-10-13-30(36)2)28-38(43)41(27-32-16-12-19-34(25-32)47-3)37(26-31-14-6-4-7-15-31)39(44)40-33-17-8-5-9-18-33/h4,6-7,10-16,19-25,33,37H,5,8-9,17-18,26-28H2,1-3H3,(H,40,44)/t37-/m1/s1. The molecule has 1 aliphatic carbocycles. The van der Waals surface area contributed by atoms with Crippen LogP contribution in [-0.4, -0.2) is 50.9 Å². The molecule has 48 heavy (non-hydrogen) atoms. The number of sulfonamides is 1. The van der Waals surface area contributed by atoms with E-state index in [1.807, 2.05) is 80.6 Å². The van der Waals surface area contributed by atoms with Gasteiger partial charge in [0.15, 0.2) is 0 Å². The van der Waals surface area contributed by atoms with Crippen molar-refractivity contribution >= 4 is 27.5 Å². The number of nitrogens with zero attached hydrogens (tertiary/aromatic N) is 2. The van der Waals surface area contributed by atoms with Gasteiger partial charge in [-0.25, -0.2) is 8.42 Å². The molecule has 1 fully saturated rings. The average molecular weight is 668 g/mol. The van der Waals surface area contributed by atoms with Crippen molar-refractivity contribution in [2.24, 2.45) is 0 Å². The van der Waals surface area contributed by atoms with Gasteiger partial charge in [0.1, 0.15) is 18.3 Å². The fraction of sp³-hybridized carbons (Fsp3) is 0.333. The zero-order chi connectivity index (χ0) is 34.1. The van der Waals surface area contributed by atoms with Gasteiger partial charge in [0.2, 0.25) is 11.8 Å². The van der Waals surface area contributed by atoms with Gasteiger partial charge in [-0.2, -0.15) is 0 Å². The molecule has 0 heterocycles. The van der Waals surface area contributed by atoms with Crippen molar-refractivity contribution in [1.82, 2.24) is 10.2 Å². The lowest BCUT2D eigenvalue weighted by Crippen LogP contribution is -2.55. The molecule has 0 saturated heterocycles. The molecule has 0 spiro atoms. The number of carbonyl (C=O) groups is 2. The molecule has 2 amide bonds. The summed E-state index contributed by atoms with van der Waals surface area (Å²) >= 11 is 0. The second-order valence-electron chi connectivity index (χ2n) is 12.5. The van der Waals surface area contributed by atoms with Crippen molar-refractivity contribution in [1.29, 1.82) is 0 Å². The number of carbonyl (C=O) groups excluding carboxylic acids is 2. The van der Waals surface area contributed by atoms with Gasteiger partial charge in [0, 0.05) is 19.0 Å². The van der Waals surface area contributed by atoms with E-state index in [0.717, 1.165) is 48.8 Å². The predicted octanol–water partition coefficient (Wildman–Crippen LogP) is 6.60. The smallest absolute Gasteiger partial charge is 0.264 e. The van der Waals surface area contributed by atoms with Gasteiger partial charge in [-0.05, 0) is 73.7 Å². The van der Waals surface area contributed by atoms with Crippen LogP contribution in [0, 0.1) is 13.8 Å². The maximum atomic E-state index is 14.8. The van der Waals surface area contributed by atoms with Crippen LogP contribution in [0.4, 0.5) is 5.69 Å². The van der Waals surface area contributed by atoms with Crippen LogP contribution in [-0.2, 0) is 32.6 Å². The minimum Gasteiger partial charge on any atom is -0.497 e. The van der Waals surface area contributed by atoms with E-state index >= 15 is 0 Å². The van der Waals surface area contributed by atoms with Crippen molar-refractivity contribution in [2.75, 3.05) is 18.0 Å². The number of benzene rings is 4. The Morgan fingerprint density at radius 2 is 1.50 bits per heavy atom. The van der Waals surface area contributed by atoms with Gasteiger partial charge in [-0.1, -0.05) is 97.6 Å². The number of rotatable bonds is 13. The molecule has 0 unspecified atom stereocenters. The Balaban J connectivity index is 1.58. The predicted molar refractivity (Wildman–Crippen MR) is 189 cm³/mol. The lowest BCUT2D eigenvalue weighted by molar-refractivity contribution is -0.140. The quantitative estimate of drug-likeness (QED) is 0.174. The first-order valence-corrected chi connectivity index (χ1v) is 18.0. The topological polar surface area (TPSA) is 96.0 Å². The Hall–Kier alpha value is -4.63. The van der Waals surface area contributed by atoms with E-state index in [2.05, 4.69) is 5.32 Å². The van der Waals surface area contributed by atoms with E-state index in [9.17, 15) is 18.0 Å². The lowest BCUT2D eigenvalue weighted by atomic mass is 9.94. The van der Waals surface area contributed by atoms with Crippen LogP contribution in [0.15, 0.2) is 108 Å². The van der Waals surface area contributed by atoms with Crippen LogP contribution in [0.1, 0.15) is 54.4 Å². The molecule has 1 N–H and O–H groups in total. The van der Waals surface area contributed by atoms with Crippen molar-refractivity contribution in [2.45, 2.75) is 75.9 Å². The van der Waals surface area contributed by atoms with Crippen LogP contribution in [0.25, 0.3) is 0 Å². The first-order valence-electron chi connectivity index (χ1n) is 16.6. The molecule has 1 atom stereocenters. The number of hydrogen-bond acceptors (Lipinski definition) is 5. The molecule has 252 valence electrons. The van der Waals surface area contributed by atoms with Gasteiger partial charge in [0.25, 0.3) is 10.0 Å². The first kappa shape index (κ1) is 34.7. The summed E-state index contributed by atoms with van der Waals surface area (Å²) in [6, 6.07) is 29.8. The number of anilines is 1. The van der Waals surface area contributed by atoms with Crippen LogP contribution < -0.4 is 14.4 Å².